The Morgan fingerprint density at radius 3 is 2.35 bits per heavy atom. The first kappa shape index (κ1) is 12.4. The first-order valence-corrected chi connectivity index (χ1v) is 5.51. The van der Waals surface area contributed by atoms with Crippen LogP contribution in [0.1, 0.15) is 36.9 Å². The average molecular weight is 244 g/mol. The topological polar surface area (TPSA) is 38.0 Å². The van der Waals surface area contributed by atoms with E-state index in [1.807, 2.05) is 6.92 Å². The van der Waals surface area contributed by atoms with E-state index in [-0.39, 0.29) is 11.0 Å². The summed E-state index contributed by atoms with van der Waals surface area (Å²) in [5, 5.41) is 0. The highest BCUT2D eigenvalue weighted by molar-refractivity contribution is 5.34. The van der Waals surface area contributed by atoms with Gasteiger partial charge in [-0.25, -0.2) is 0 Å². The molecule has 1 fully saturated rings. The number of hydrazine groups is 1. The molecule has 0 saturated heterocycles. The second-order valence-corrected chi connectivity index (χ2v) is 4.84. The van der Waals surface area contributed by atoms with Gasteiger partial charge in [0.05, 0.1) is 11.6 Å². The molecule has 2 nitrogen and oxygen atoms in total. The molecule has 0 spiro atoms. The van der Waals surface area contributed by atoms with Gasteiger partial charge in [-0.2, -0.15) is 13.2 Å². The third kappa shape index (κ3) is 2.30. The lowest BCUT2D eigenvalue weighted by molar-refractivity contribution is -0.138. The summed E-state index contributed by atoms with van der Waals surface area (Å²) in [5.74, 6) is 5.43. The van der Waals surface area contributed by atoms with E-state index in [4.69, 9.17) is 5.84 Å². The number of halogens is 3. The fourth-order valence-electron chi connectivity index (χ4n) is 2.16. The van der Waals surface area contributed by atoms with Crippen LogP contribution in [0.15, 0.2) is 24.3 Å². The van der Waals surface area contributed by atoms with Gasteiger partial charge in [-0.15, -0.1) is 0 Å². The lowest BCUT2D eigenvalue weighted by atomic mass is 9.89. The number of rotatable bonds is 3. The zero-order valence-electron chi connectivity index (χ0n) is 9.51. The SMILES string of the molecule is CC1(C(NN)c2ccccc2C(F)(F)F)CC1. The number of nitrogens with two attached hydrogens (primary N) is 1. The molecule has 0 aromatic heterocycles. The quantitative estimate of drug-likeness (QED) is 0.633. The Morgan fingerprint density at radius 1 is 1.29 bits per heavy atom. The molecule has 2 rings (SSSR count). The number of hydrogen-bond donors (Lipinski definition) is 2. The Bertz CT molecular complexity index is 410. The van der Waals surface area contributed by atoms with Crippen molar-refractivity contribution in [3.63, 3.8) is 0 Å². The van der Waals surface area contributed by atoms with Gasteiger partial charge in [-0.05, 0) is 29.9 Å². The van der Waals surface area contributed by atoms with E-state index in [1.54, 1.807) is 6.07 Å². The summed E-state index contributed by atoms with van der Waals surface area (Å²) in [5.41, 5.74) is 2.01. The Morgan fingerprint density at radius 2 is 1.88 bits per heavy atom. The zero-order valence-corrected chi connectivity index (χ0v) is 9.51. The minimum Gasteiger partial charge on any atom is -0.271 e. The van der Waals surface area contributed by atoms with Crippen molar-refractivity contribution in [2.45, 2.75) is 32.0 Å². The predicted molar refractivity (Wildman–Crippen MR) is 58.8 cm³/mol. The maximum Gasteiger partial charge on any atom is 0.416 e. The number of nitrogens with one attached hydrogen (secondary N) is 1. The molecule has 0 heterocycles. The Kier molecular flexibility index (Phi) is 2.91. The van der Waals surface area contributed by atoms with Crippen LogP contribution >= 0.6 is 0 Å². The largest absolute Gasteiger partial charge is 0.416 e. The molecule has 1 aromatic carbocycles. The summed E-state index contributed by atoms with van der Waals surface area (Å²) in [6.45, 7) is 1.95. The van der Waals surface area contributed by atoms with Crippen LogP contribution in [0, 0.1) is 5.41 Å². The molecule has 0 radical (unpaired) electrons. The fraction of sp³-hybridized carbons (Fsp3) is 0.500. The van der Waals surface area contributed by atoms with Gasteiger partial charge in [0, 0.05) is 0 Å². The van der Waals surface area contributed by atoms with Crippen LogP contribution in [0.4, 0.5) is 13.2 Å². The average Bonchev–Trinajstić information content (AvgIpc) is 2.97. The molecule has 1 atom stereocenters. The van der Waals surface area contributed by atoms with Crippen molar-refractivity contribution in [1.29, 1.82) is 0 Å². The Hall–Kier alpha value is -1.07. The summed E-state index contributed by atoms with van der Waals surface area (Å²) in [4.78, 5) is 0. The van der Waals surface area contributed by atoms with Crippen LogP contribution in [0.25, 0.3) is 0 Å². The zero-order chi connectivity index (χ0) is 12.7. The standard InChI is InChI=1S/C12H15F3N2/c1-11(6-7-11)10(17-16)8-4-2-3-5-9(8)12(13,14)15/h2-5,10,17H,6-7,16H2,1H3. The first-order valence-electron chi connectivity index (χ1n) is 5.51. The van der Waals surface area contributed by atoms with Crippen molar-refractivity contribution in [2.75, 3.05) is 0 Å². The van der Waals surface area contributed by atoms with Gasteiger partial charge in [0.25, 0.3) is 0 Å². The van der Waals surface area contributed by atoms with Crippen molar-refractivity contribution >= 4 is 0 Å². The first-order chi connectivity index (χ1) is 7.88. The van der Waals surface area contributed by atoms with Crippen LogP contribution < -0.4 is 11.3 Å². The molecule has 3 N–H and O–H groups in total. The van der Waals surface area contributed by atoms with Crippen LogP contribution in [-0.2, 0) is 6.18 Å². The van der Waals surface area contributed by atoms with Gasteiger partial charge in [0.1, 0.15) is 0 Å². The van der Waals surface area contributed by atoms with E-state index >= 15 is 0 Å². The molecule has 94 valence electrons. The Labute approximate surface area is 98.0 Å². The minimum atomic E-state index is -4.34. The Balaban J connectivity index is 2.44. The van der Waals surface area contributed by atoms with Gasteiger partial charge in [0.2, 0.25) is 0 Å². The molecule has 17 heavy (non-hydrogen) atoms. The van der Waals surface area contributed by atoms with Crippen LogP contribution in [-0.4, -0.2) is 0 Å². The summed E-state index contributed by atoms with van der Waals surface area (Å²) < 4.78 is 38.7. The normalized spacial score (nSPS) is 20.1. The number of hydrogen-bond acceptors (Lipinski definition) is 2. The van der Waals surface area contributed by atoms with Crippen molar-refractivity contribution in [3.8, 4) is 0 Å². The third-order valence-electron chi connectivity index (χ3n) is 3.48. The van der Waals surface area contributed by atoms with Crippen molar-refractivity contribution in [1.82, 2.24) is 5.43 Å². The molecule has 1 aliphatic rings. The number of benzene rings is 1. The second kappa shape index (κ2) is 3.99. The molecular weight excluding hydrogens is 229 g/mol. The molecular formula is C12H15F3N2. The lowest BCUT2D eigenvalue weighted by Crippen LogP contribution is -2.34. The van der Waals surface area contributed by atoms with Gasteiger partial charge in [0.15, 0.2) is 0 Å². The van der Waals surface area contributed by atoms with Crippen LogP contribution in [0.5, 0.6) is 0 Å². The van der Waals surface area contributed by atoms with Gasteiger partial charge >= 0.3 is 6.18 Å². The van der Waals surface area contributed by atoms with Crippen LogP contribution in [0.2, 0.25) is 0 Å². The molecule has 1 aromatic rings. The maximum atomic E-state index is 12.9. The molecule has 5 heteroatoms. The van der Waals surface area contributed by atoms with E-state index in [2.05, 4.69) is 5.43 Å². The fourth-order valence-corrected chi connectivity index (χ4v) is 2.16. The molecule has 1 aliphatic carbocycles. The van der Waals surface area contributed by atoms with E-state index in [0.717, 1.165) is 18.9 Å². The molecule has 0 amide bonds. The molecule has 0 bridgehead atoms. The van der Waals surface area contributed by atoms with E-state index in [0.29, 0.717) is 0 Å². The summed E-state index contributed by atoms with van der Waals surface area (Å²) in [6, 6.07) is 5.17. The van der Waals surface area contributed by atoms with Crippen molar-refractivity contribution in [3.05, 3.63) is 35.4 Å². The summed E-state index contributed by atoms with van der Waals surface area (Å²) in [7, 11) is 0. The molecule has 1 saturated carbocycles. The minimum absolute atomic E-state index is 0.157. The maximum absolute atomic E-state index is 12.9. The lowest BCUT2D eigenvalue weighted by Gasteiger charge is -2.26. The summed E-state index contributed by atoms with van der Waals surface area (Å²) in [6.07, 6.45) is -2.54. The van der Waals surface area contributed by atoms with Crippen LogP contribution in [0.3, 0.4) is 0 Å². The third-order valence-corrected chi connectivity index (χ3v) is 3.48. The van der Waals surface area contributed by atoms with E-state index in [9.17, 15) is 13.2 Å². The van der Waals surface area contributed by atoms with Gasteiger partial charge < -0.3 is 0 Å². The second-order valence-electron chi connectivity index (χ2n) is 4.84. The monoisotopic (exact) mass is 244 g/mol. The highest BCUT2D eigenvalue weighted by Gasteiger charge is 2.47. The smallest absolute Gasteiger partial charge is 0.271 e. The van der Waals surface area contributed by atoms with Gasteiger partial charge in [-0.3, -0.25) is 11.3 Å². The van der Waals surface area contributed by atoms with Gasteiger partial charge in [-0.1, -0.05) is 25.1 Å². The predicted octanol–water partition coefficient (Wildman–Crippen LogP) is 3.01. The van der Waals surface area contributed by atoms with E-state index < -0.39 is 17.8 Å². The highest BCUT2D eigenvalue weighted by Crippen LogP contribution is 2.55. The van der Waals surface area contributed by atoms with Crippen molar-refractivity contribution < 1.29 is 13.2 Å². The summed E-state index contributed by atoms with van der Waals surface area (Å²) >= 11 is 0. The van der Waals surface area contributed by atoms with E-state index in [1.165, 1.54) is 12.1 Å². The highest BCUT2D eigenvalue weighted by atomic mass is 19.4. The molecule has 1 unspecified atom stereocenters. The van der Waals surface area contributed by atoms with Crippen molar-refractivity contribution in [2.24, 2.45) is 11.3 Å². The number of alkyl halides is 3. The molecule has 0 aliphatic heterocycles.